The molecule has 1 heterocycles. The molecule has 1 aliphatic carbocycles. The Bertz CT molecular complexity index is 237. The number of hydrogen-bond donors (Lipinski definition) is 2. The first-order chi connectivity index (χ1) is 7.76. The molecule has 2 rings (SSSR count). The van der Waals surface area contributed by atoms with Crippen LogP contribution in [0, 0.1) is 11.3 Å². The monoisotopic (exact) mass is 224 g/mol. The molecule has 0 spiro atoms. The van der Waals surface area contributed by atoms with E-state index in [2.05, 4.69) is 17.6 Å². The zero-order valence-corrected chi connectivity index (χ0v) is 10.3. The van der Waals surface area contributed by atoms with Gasteiger partial charge in [-0.1, -0.05) is 13.3 Å². The molecule has 1 amide bonds. The number of carbonyl (C=O) groups excluding carboxylic acids is 1. The molecule has 92 valence electrons. The summed E-state index contributed by atoms with van der Waals surface area (Å²) in [4.78, 5) is 11.9. The highest BCUT2D eigenvalue weighted by atomic mass is 16.1. The predicted molar refractivity (Wildman–Crippen MR) is 65.2 cm³/mol. The second-order valence-electron chi connectivity index (χ2n) is 5.47. The molecule has 2 N–H and O–H groups in total. The Hall–Kier alpha value is -0.570. The van der Waals surface area contributed by atoms with Crippen molar-refractivity contribution in [2.75, 3.05) is 19.6 Å². The molecule has 1 atom stereocenters. The number of carbonyl (C=O) groups is 1. The summed E-state index contributed by atoms with van der Waals surface area (Å²) in [7, 11) is 0. The van der Waals surface area contributed by atoms with Crippen LogP contribution >= 0.6 is 0 Å². The van der Waals surface area contributed by atoms with Crippen LogP contribution in [0.4, 0.5) is 0 Å². The van der Waals surface area contributed by atoms with Crippen LogP contribution in [0.3, 0.4) is 0 Å². The van der Waals surface area contributed by atoms with Crippen LogP contribution < -0.4 is 10.6 Å². The molecule has 3 nitrogen and oxygen atoms in total. The minimum absolute atomic E-state index is 0.211. The second kappa shape index (κ2) is 5.17. The maximum atomic E-state index is 11.9. The molecule has 0 aromatic carbocycles. The van der Waals surface area contributed by atoms with Gasteiger partial charge < -0.3 is 10.6 Å². The molecule has 2 aliphatic rings. The van der Waals surface area contributed by atoms with Gasteiger partial charge in [0.2, 0.25) is 5.91 Å². The van der Waals surface area contributed by atoms with Crippen molar-refractivity contribution in [1.82, 2.24) is 10.6 Å². The Balaban J connectivity index is 1.74. The van der Waals surface area contributed by atoms with E-state index in [-0.39, 0.29) is 11.8 Å². The van der Waals surface area contributed by atoms with Gasteiger partial charge in [-0.05, 0) is 44.1 Å². The van der Waals surface area contributed by atoms with E-state index in [4.69, 9.17) is 0 Å². The fourth-order valence-electron chi connectivity index (χ4n) is 2.83. The SMILES string of the molecule is CCC1(CNC(=O)[C@@H]2CCCNC2)CCC1. The Morgan fingerprint density at radius 1 is 1.44 bits per heavy atom. The summed E-state index contributed by atoms with van der Waals surface area (Å²) in [6.07, 6.45) is 7.33. The lowest BCUT2D eigenvalue weighted by Crippen LogP contribution is -2.46. The van der Waals surface area contributed by atoms with Crippen LogP contribution in [-0.4, -0.2) is 25.5 Å². The smallest absolute Gasteiger partial charge is 0.224 e. The van der Waals surface area contributed by atoms with E-state index >= 15 is 0 Å². The van der Waals surface area contributed by atoms with Crippen LogP contribution in [-0.2, 0) is 4.79 Å². The van der Waals surface area contributed by atoms with Gasteiger partial charge in [0.15, 0.2) is 0 Å². The number of piperidine rings is 1. The zero-order chi connectivity index (χ0) is 11.4. The predicted octanol–water partition coefficient (Wildman–Crippen LogP) is 1.68. The largest absolute Gasteiger partial charge is 0.355 e. The van der Waals surface area contributed by atoms with Crippen molar-refractivity contribution in [1.29, 1.82) is 0 Å². The van der Waals surface area contributed by atoms with Gasteiger partial charge in [-0.2, -0.15) is 0 Å². The van der Waals surface area contributed by atoms with Crippen molar-refractivity contribution in [2.45, 2.75) is 45.4 Å². The summed E-state index contributed by atoms with van der Waals surface area (Å²) in [6, 6.07) is 0. The third kappa shape index (κ3) is 2.57. The molecule has 0 unspecified atom stereocenters. The zero-order valence-electron chi connectivity index (χ0n) is 10.3. The van der Waals surface area contributed by atoms with E-state index in [0.717, 1.165) is 32.5 Å². The number of nitrogens with one attached hydrogen (secondary N) is 2. The van der Waals surface area contributed by atoms with Crippen molar-refractivity contribution in [3.63, 3.8) is 0 Å². The van der Waals surface area contributed by atoms with Gasteiger partial charge in [0.05, 0.1) is 5.92 Å². The van der Waals surface area contributed by atoms with Gasteiger partial charge in [0, 0.05) is 13.1 Å². The maximum absolute atomic E-state index is 11.9. The molecule has 16 heavy (non-hydrogen) atoms. The van der Waals surface area contributed by atoms with E-state index < -0.39 is 0 Å². The molecule has 1 saturated carbocycles. The fraction of sp³-hybridized carbons (Fsp3) is 0.923. The average Bonchev–Trinajstić information content (AvgIpc) is 2.29. The summed E-state index contributed by atoms with van der Waals surface area (Å²) >= 11 is 0. The topological polar surface area (TPSA) is 41.1 Å². The summed E-state index contributed by atoms with van der Waals surface area (Å²) < 4.78 is 0. The van der Waals surface area contributed by atoms with Crippen molar-refractivity contribution < 1.29 is 4.79 Å². The maximum Gasteiger partial charge on any atom is 0.224 e. The Kier molecular flexibility index (Phi) is 3.85. The average molecular weight is 224 g/mol. The van der Waals surface area contributed by atoms with Crippen LogP contribution in [0.25, 0.3) is 0 Å². The van der Waals surface area contributed by atoms with E-state index in [1.165, 1.54) is 25.7 Å². The van der Waals surface area contributed by atoms with E-state index in [0.29, 0.717) is 5.41 Å². The van der Waals surface area contributed by atoms with Crippen LogP contribution in [0.5, 0.6) is 0 Å². The lowest BCUT2D eigenvalue weighted by atomic mass is 9.67. The van der Waals surface area contributed by atoms with Crippen LogP contribution in [0.1, 0.15) is 45.4 Å². The lowest BCUT2D eigenvalue weighted by Gasteiger charge is -2.41. The molecule has 0 radical (unpaired) electrons. The Morgan fingerprint density at radius 3 is 2.75 bits per heavy atom. The molecule has 1 aliphatic heterocycles. The van der Waals surface area contributed by atoms with Gasteiger partial charge in [-0.25, -0.2) is 0 Å². The first-order valence-electron chi connectivity index (χ1n) is 6.74. The number of hydrogen-bond acceptors (Lipinski definition) is 2. The van der Waals surface area contributed by atoms with Gasteiger partial charge in [-0.15, -0.1) is 0 Å². The van der Waals surface area contributed by atoms with Gasteiger partial charge in [0.1, 0.15) is 0 Å². The van der Waals surface area contributed by atoms with Crippen molar-refractivity contribution in [3.8, 4) is 0 Å². The standard InChI is InChI=1S/C13H24N2O/c1-2-13(6-4-7-13)10-15-12(16)11-5-3-8-14-9-11/h11,14H,2-10H2,1H3,(H,15,16)/t11-/m1/s1. The summed E-state index contributed by atoms with van der Waals surface area (Å²) in [5.41, 5.74) is 0.442. The van der Waals surface area contributed by atoms with Gasteiger partial charge >= 0.3 is 0 Å². The van der Waals surface area contributed by atoms with E-state index in [1.807, 2.05) is 0 Å². The molecule has 3 heteroatoms. The molecule has 2 fully saturated rings. The Morgan fingerprint density at radius 2 is 2.25 bits per heavy atom. The van der Waals surface area contributed by atoms with Crippen LogP contribution in [0.15, 0.2) is 0 Å². The molecule has 0 aromatic rings. The lowest BCUT2D eigenvalue weighted by molar-refractivity contribution is -0.126. The summed E-state index contributed by atoms with van der Waals surface area (Å²) in [5.74, 6) is 0.481. The normalized spacial score (nSPS) is 28.2. The molecule has 1 saturated heterocycles. The molecular formula is C13H24N2O. The third-order valence-electron chi connectivity index (χ3n) is 4.47. The summed E-state index contributed by atoms with van der Waals surface area (Å²) in [5, 5.41) is 6.46. The van der Waals surface area contributed by atoms with Crippen LogP contribution in [0.2, 0.25) is 0 Å². The first-order valence-corrected chi connectivity index (χ1v) is 6.74. The highest BCUT2D eigenvalue weighted by molar-refractivity contribution is 5.79. The number of amides is 1. The van der Waals surface area contributed by atoms with Crippen molar-refractivity contribution in [3.05, 3.63) is 0 Å². The second-order valence-corrected chi connectivity index (χ2v) is 5.47. The van der Waals surface area contributed by atoms with Gasteiger partial charge in [-0.3, -0.25) is 4.79 Å². The van der Waals surface area contributed by atoms with Crippen molar-refractivity contribution >= 4 is 5.91 Å². The minimum atomic E-state index is 0.211. The minimum Gasteiger partial charge on any atom is -0.355 e. The van der Waals surface area contributed by atoms with Gasteiger partial charge in [0.25, 0.3) is 0 Å². The quantitative estimate of drug-likeness (QED) is 0.763. The fourth-order valence-corrected chi connectivity index (χ4v) is 2.83. The van der Waals surface area contributed by atoms with Crippen molar-refractivity contribution in [2.24, 2.45) is 11.3 Å². The Labute approximate surface area is 98.4 Å². The first kappa shape index (κ1) is 11.9. The highest BCUT2D eigenvalue weighted by Crippen LogP contribution is 2.43. The summed E-state index contributed by atoms with van der Waals surface area (Å²) in [6.45, 7) is 5.08. The van der Waals surface area contributed by atoms with E-state index in [1.54, 1.807) is 0 Å². The number of rotatable bonds is 4. The highest BCUT2D eigenvalue weighted by Gasteiger charge is 2.35. The molecular weight excluding hydrogens is 200 g/mol. The van der Waals surface area contributed by atoms with E-state index in [9.17, 15) is 4.79 Å². The molecule has 0 bridgehead atoms. The molecule has 0 aromatic heterocycles. The third-order valence-corrected chi connectivity index (χ3v) is 4.47.